The van der Waals surface area contributed by atoms with Crippen molar-refractivity contribution in [3.8, 4) is 5.75 Å². The summed E-state index contributed by atoms with van der Waals surface area (Å²) < 4.78 is 54.0. The fourth-order valence-electron chi connectivity index (χ4n) is 7.15. The second-order valence-corrected chi connectivity index (χ2v) is 14.7. The summed E-state index contributed by atoms with van der Waals surface area (Å²) in [6.07, 6.45) is 6.32. The van der Waals surface area contributed by atoms with Crippen LogP contribution in [0.3, 0.4) is 0 Å². The average Bonchev–Trinajstić information content (AvgIpc) is 2.99. The smallest absolute Gasteiger partial charge is 0.246 e. The maximum Gasteiger partial charge on any atom is 0.246 e. The van der Waals surface area contributed by atoms with Crippen LogP contribution in [0.25, 0.3) is 0 Å². The number of rotatable bonds is 12. The molecule has 10 heteroatoms. The molecule has 2 fully saturated rings. The highest BCUT2D eigenvalue weighted by molar-refractivity contribution is 7.89. The summed E-state index contributed by atoms with van der Waals surface area (Å²) in [6.45, 7) is 6.66. The zero-order valence-electron chi connectivity index (χ0n) is 27.2. The molecule has 1 aliphatic carbocycles. The molecule has 244 valence electrons. The van der Waals surface area contributed by atoms with Gasteiger partial charge in [0.1, 0.15) is 18.2 Å². The van der Waals surface area contributed by atoms with Crippen molar-refractivity contribution in [3.63, 3.8) is 0 Å². The Morgan fingerprint density at radius 3 is 2.48 bits per heavy atom. The van der Waals surface area contributed by atoms with Crippen LogP contribution in [-0.2, 0) is 19.6 Å². The predicted molar refractivity (Wildman–Crippen MR) is 171 cm³/mol. The van der Waals surface area contributed by atoms with Crippen LogP contribution >= 0.6 is 0 Å². The van der Waals surface area contributed by atoms with Gasteiger partial charge in [-0.3, -0.25) is 4.79 Å². The van der Waals surface area contributed by atoms with Crippen molar-refractivity contribution < 1.29 is 27.1 Å². The van der Waals surface area contributed by atoms with Gasteiger partial charge in [-0.25, -0.2) is 12.8 Å². The number of carbonyl (C=O) groups excluding carboxylic acids is 1. The molecule has 1 saturated carbocycles. The lowest BCUT2D eigenvalue weighted by Crippen LogP contribution is -2.44. The molecule has 0 radical (unpaired) electrons. The third-order valence-corrected chi connectivity index (χ3v) is 11.7. The summed E-state index contributed by atoms with van der Waals surface area (Å²) in [5, 5.41) is 3.00. The van der Waals surface area contributed by atoms with Gasteiger partial charge in [0, 0.05) is 25.7 Å². The Bertz CT molecular complexity index is 1390. The lowest BCUT2D eigenvalue weighted by Gasteiger charge is -2.37. The largest absolute Gasteiger partial charge is 0.496 e. The zero-order chi connectivity index (χ0) is 32.0. The number of hydrogen-bond acceptors (Lipinski definition) is 6. The van der Waals surface area contributed by atoms with E-state index in [2.05, 4.69) is 24.3 Å². The first-order chi connectivity index (χ1) is 20.9. The number of halogens is 1. The Balaban J connectivity index is 1.21. The van der Waals surface area contributed by atoms with E-state index < -0.39 is 10.0 Å². The van der Waals surface area contributed by atoms with Crippen LogP contribution in [0.5, 0.6) is 5.75 Å². The van der Waals surface area contributed by atoms with Gasteiger partial charge in [0.05, 0.1) is 18.1 Å². The fraction of sp³-hybridized carbons (Fsp3) is 0.618. The summed E-state index contributed by atoms with van der Waals surface area (Å²) in [5.74, 6) is 1.34. The van der Waals surface area contributed by atoms with E-state index in [0.717, 1.165) is 43.2 Å². The van der Waals surface area contributed by atoms with Crippen molar-refractivity contribution in [1.82, 2.24) is 14.5 Å². The number of methoxy groups -OCH3 is 1. The van der Waals surface area contributed by atoms with Gasteiger partial charge in [0.25, 0.3) is 0 Å². The summed E-state index contributed by atoms with van der Waals surface area (Å²) in [7, 11) is 1.99. The quantitative estimate of drug-likeness (QED) is 0.331. The van der Waals surface area contributed by atoms with Gasteiger partial charge in [-0.05, 0) is 119 Å². The van der Waals surface area contributed by atoms with E-state index in [0.29, 0.717) is 59.5 Å². The van der Waals surface area contributed by atoms with Crippen LogP contribution in [-0.4, -0.2) is 77.1 Å². The van der Waals surface area contributed by atoms with E-state index in [1.807, 2.05) is 19.9 Å². The standard InChI is InChI=1S/C34H50FN3O5S/c1-23-19-31(42-6)24(2)25(3)34(23)44(40,41)38-18-8-11-30(21-38)43-22-32(39)36-17-16-26-12-14-27(15-13-26)33(37(4)5)28-9-7-10-29(35)20-28/h7,9-10,19-20,26-27,30,33H,8,11-18,21-22H2,1-6H3,(H,36,39). The highest BCUT2D eigenvalue weighted by Crippen LogP contribution is 2.40. The molecule has 1 N–H and O–H groups in total. The predicted octanol–water partition coefficient (Wildman–Crippen LogP) is 5.54. The number of benzene rings is 2. The fourth-order valence-corrected chi connectivity index (χ4v) is 9.15. The van der Waals surface area contributed by atoms with Gasteiger partial charge >= 0.3 is 0 Å². The normalized spacial score (nSPS) is 22.1. The summed E-state index contributed by atoms with van der Waals surface area (Å²) in [6, 6.07) is 8.93. The van der Waals surface area contributed by atoms with Crippen LogP contribution in [0.1, 0.15) is 73.2 Å². The first-order valence-electron chi connectivity index (χ1n) is 15.9. The third-order valence-electron chi connectivity index (χ3n) is 9.55. The number of nitrogens with zero attached hydrogens (tertiary/aromatic N) is 2. The minimum Gasteiger partial charge on any atom is -0.496 e. The van der Waals surface area contributed by atoms with Crippen molar-refractivity contribution in [1.29, 1.82) is 0 Å². The van der Waals surface area contributed by atoms with Crippen LogP contribution in [0.4, 0.5) is 4.39 Å². The first-order valence-corrected chi connectivity index (χ1v) is 17.3. The first kappa shape index (κ1) is 34.3. The van der Waals surface area contributed by atoms with Gasteiger partial charge < -0.3 is 19.7 Å². The second-order valence-electron chi connectivity index (χ2n) is 12.8. The van der Waals surface area contributed by atoms with Crippen LogP contribution in [0.2, 0.25) is 0 Å². The monoisotopic (exact) mass is 631 g/mol. The van der Waals surface area contributed by atoms with E-state index in [-0.39, 0.29) is 37.0 Å². The number of nitrogens with one attached hydrogen (secondary N) is 1. The maximum atomic E-state index is 13.9. The van der Waals surface area contributed by atoms with Gasteiger partial charge in [-0.15, -0.1) is 0 Å². The minimum absolute atomic E-state index is 0.0802. The summed E-state index contributed by atoms with van der Waals surface area (Å²) in [4.78, 5) is 15.1. The van der Waals surface area contributed by atoms with Crippen molar-refractivity contribution in [3.05, 3.63) is 58.4 Å². The molecule has 0 spiro atoms. The van der Waals surface area contributed by atoms with Gasteiger partial charge in [0.15, 0.2) is 0 Å². The van der Waals surface area contributed by atoms with Crippen LogP contribution in [0, 0.1) is 38.4 Å². The van der Waals surface area contributed by atoms with Crippen molar-refractivity contribution in [2.24, 2.45) is 11.8 Å². The van der Waals surface area contributed by atoms with Gasteiger partial charge in [-0.2, -0.15) is 4.31 Å². The minimum atomic E-state index is -3.72. The highest BCUT2D eigenvalue weighted by Gasteiger charge is 2.34. The summed E-state index contributed by atoms with van der Waals surface area (Å²) >= 11 is 0. The molecule has 2 aliphatic rings. The Labute approximate surface area is 263 Å². The number of piperidine rings is 1. The maximum absolute atomic E-state index is 13.9. The Morgan fingerprint density at radius 1 is 1.09 bits per heavy atom. The van der Waals surface area contributed by atoms with Crippen molar-refractivity contribution >= 4 is 15.9 Å². The van der Waals surface area contributed by atoms with Gasteiger partial charge in [0.2, 0.25) is 15.9 Å². The number of ether oxygens (including phenoxy) is 2. The summed E-state index contributed by atoms with van der Waals surface area (Å²) in [5.41, 5.74) is 3.20. The van der Waals surface area contributed by atoms with Crippen LogP contribution < -0.4 is 10.1 Å². The van der Waals surface area contributed by atoms with E-state index in [4.69, 9.17) is 9.47 Å². The molecular formula is C34H50FN3O5S. The van der Waals surface area contributed by atoms with Crippen molar-refractivity contribution in [2.45, 2.75) is 82.8 Å². The van der Waals surface area contributed by atoms with Gasteiger partial charge in [-0.1, -0.05) is 25.0 Å². The number of sulfonamides is 1. The molecule has 0 aromatic heterocycles. The van der Waals surface area contributed by atoms with Crippen LogP contribution in [0.15, 0.2) is 35.2 Å². The Morgan fingerprint density at radius 2 is 1.82 bits per heavy atom. The highest BCUT2D eigenvalue weighted by atomic mass is 32.2. The molecule has 1 saturated heterocycles. The molecule has 0 bridgehead atoms. The molecule has 2 aromatic carbocycles. The molecular weight excluding hydrogens is 581 g/mol. The lowest BCUT2D eigenvalue weighted by molar-refractivity contribution is -0.128. The number of hydrogen-bond donors (Lipinski definition) is 1. The number of carbonyl (C=O) groups is 1. The molecule has 2 unspecified atom stereocenters. The van der Waals surface area contributed by atoms with E-state index in [1.54, 1.807) is 32.2 Å². The number of aryl methyl sites for hydroxylation is 1. The van der Waals surface area contributed by atoms with Crippen molar-refractivity contribution in [2.75, 3.05) is 47.4 Å². The number of amides is 1. The second kappa shape index (κ2) is 15.2. The SMILES string of the molecule is COc1cc(C)c(S(=O)(=O)N2CCCC(OCC(=O)NCCC3CCC(C(c4cccc(F)c4)N(C)C)CC3)C2)c(C)c1C. The Hall–Kier alpha value is -2.53. The van der Waals surface area contributed by atoms with E-state index in [9.17, 15) is 17.6 Å². The molecule has 1 heterocycles. The third kappa shape index (κ3) is 8.19. The van der Waals surface area contributed by atoms with E-state index in [1.165, 1.54) is 10.4 Å². The molecule has 1 amide bonds. The molecule has 1 aliphatic heterocycles. The molecule has 8 nitrogen and oxygen atoms in total. The van der Waals surface area contributed by atoms with E-state index >= 15 is 0 Å². The molecule has 2 aromatic rings. The molecule has 2 atom stereocenters. The Kier molecular flexibility index (Phi) is 11.8. The molecule has 44 heavy (non-hydrogen) atoms. The zero-order valence-corrected chi connectivity index (χ0v) is 28.0. The topological polar surface area (TPSA) is 88.2 Å². The lowest BCUT2D eigenvalue weighted by atomic mass is 9.75. The average molecular weight is 632 g/mol. The molecule has 4 rings (SSSR count).